The molecule has 0 radical (unpaired) electrons. The Bertz CT molecular complexity index is 560. The van der Waals surface area contributed by atoms with E-state index in [9.17, 15) is 23.7 Å². The predicted octanol–water partition coefficient (Wildman–Crippen LogP) is 1.58. The van der Waals surface area contributed by atoms with E-state index in [1.807, 2.05) is 0 Å². The number of likely N-dealkylation sites (tertiary alicyclic amines) is 1. The standard InChI is InChI=1S/C13H15F2N3O3/c14-10-6-11(15)12(18(20)21)5-9(10)7-16-8-13(19)17-3-1-2-4-17/h5-6,16H,1-4,7-8H2. The molecule has 0 aliphatic carbocycles. The van der Waals surface area contributed by atoms with E-state index in [4.69, 9.17) is 0 Å². The van der Waals surface area contributed by atoms with Crippen molar-refractivity contribution >= 4 is 11.6 Å². The third-order valence-corrected chi connectivity index (χ3v) is 3.36. The lowest BCUT2D eigenvalue weighted by molar-refractivity contribution is -0.387. The molecule has 114 valence electrons. The first-order valence-electron chi connectivity index (χ1n) is 6.60. The van der Waals surface area contributed by atoms with Crippen molar-refractivity contribution in [2.75, 3.05) is 19.6 Å². The van der Waals surface area contributed by atoms with Crippen LogP contribution in [-0.4, -0.2) is 35.4 Å². The van der Waals surface area contributed by atoms with Crippen molar-refractivity contribution in [1.29, 1.82) is 0 Å². The topological polar surface area (TPSA) is 75.5 Å². The highest BCUT2D eigenvalue weighted by atomic mass is 19.1. The number of nitro benzene ring substituents is 1. The summed E-state index contributed by atoms with van der Waals surface area (Å²) in [5.41, 5.74) is -0.823. The fourth-order valence-electron chi connectivity index (χ4n) is 2.24. The fraction of sp³-hybridized carbons (Fsp3) is 0.462. The van der Waals surface area contributed by atoms with Crippen LogP contribution in [0.2, 0.25) is 0 Å². The van der Waals surface area contributed by atoms with Gasteiger partial charge in [-0.1, -0.05) is 0 Å². The maximum absolute atomic E-state index is 13.5. The smallest absolute Gasteiger partial charge is 0.305 e. The van der Waals surface area contributed by atoms with Crippen molar-refractivity contribution in [3.63, 3.8) is 0 Å². The van der Waals surface area contributed by atoms with E-state index in [0.717, 1.165) is 32.0 Å². The highest BCUT2D eigenvalue weighted by Gasteiger charge is 2.20. The van der Waals surface area contributed by atoms with Gasteiger partial charge in [-0.15, -0.1) is 0 Å². The number of carbonyl (C=O) groups excluding carboxylic acids is 1. The average Bonchev–Trinajstić information content (AvgIpc) is 2.94. The molecule has 1 amide bonds. The summed E-state index contributed by atoms with van der Waals surface area (Å²) in [6, 6.07) is 1.33. The fourth-order valence-corrected chi connectivity index (χ4v) is 2.24. The highest BCUT2D eigenvalue weighted by molar-refractivity contribution is 5.78. The van der Waals surface area contributed by atoms with Crippen LogP contribution in [0, 0.1) is 21.7 Å². The van der Waals surface area contributed by atoms with Gasteiger partial charge in [0.25, 0.3) is 0 Å². The van der Waals surface area contributed by atoms with E-state index in [2.05, 4.69) is 5.32 Å². The van der Waals surface area contributed by atoms with Crippen molar-refractivity contribution in [3.05, 3.63) is 39.4 Å². The zero-order valence-corrected chi connectivity index (χ0v) is 11.3. The molecule has 0 bridgehead atoms. The highest BCUT2D eigenvalue weighted by Crippen LogP contribution is 2.21. The minimum absolute atomic E-state index is 0.0185. The first-order chi connectivity index (χ1) is 9.99. The van der Waals surface area contributed by atoms with Gasteiger partial charge in [0, 0.05) is 37.3 Å². The van der Waals surface area contributed by atoms with Gasteiger partial charge >= 0.3 is 5.69 Å². The molecular formula is C13H15F2N3O3. The van der Waals surface area contributed by atoms with E-state index in [1.54, 1.807) is 4.90 Å². The molecule has 0 aromatic heterocycles. The van der Waals surface area contributed by atoms with Crippen LogP contribution in [0.1, 0.15) is 18.4 Å². The number of nitrogens with one attached hydrogen (secondary N) is 1. The van der Waals surface area contributed by atoms with Crippen LogP contribution in [0.5, 0.6) is 0 Å². The molecule has 1 aliphatic heterocycles. The number of halogens is 2. The van der Waals surface area contributed by atoms with Gasteiger partial charge in [0.05, 0.1) is 11.5 Å². The summed E-state index contributed by atoms with van der Waals surface area (Å²) in [5.74, 6) is -2.18. The van der Waals surface area contributed by atoms with Crippen molar-refractivity contribution in [2.24, 2.45) is 0 Å². The van der Waals surface area contributed by atoms with Crippen molar-refractivity contribution in [1.82, 2.24) is 10.2 Å². The number of hydrogen-bond acceptors (Lipinski definition) is 4. The summed E-state index contributed by atoms with van der Waals surface area (Å²) >= 11 is 0. The third-order valence-electron chi connectivity index (χ3n) is 3.36. The Labute approximate surface area is 119 Å². The lowest BCUT2D eigenvalue weighted by Gasteiger charge is -2.15. The van der Waals surface area contributed by atoms with Gasteiger partial charge < -0.3 is 10.2 Å². The maximum atomic E-state index is 13.5. The summed E-state index contributed by atoms with van der Waals surface area (Å²) in [6.45, 7) is 1.38. The van der Waals surface area contributed by atoms with Gasteiger partial charge in [-0.25, -0.2) is 4.39 Å². The van der Waals surface area contributed by atoms with E-state index in [1.165, 1.54) is 0 Å². The molecule has 0 spiro atoms. The Kier molecular flexibility index (Phi) is 4.79. The molecule has 21 heavy (non-hydrogen) atoms. The predicted molar refractivity (Wildman–Crippen MR) is 70.5 cm³/mol. The summed E-state index contributed by atoms with van der Waals surface area (Å²) < 4.78 is 26.7. The minimum atomic E-state index is -1.21. The molecule has 1 heterocycles. The summed E-state index contributed by atoms with van der Waals surface area (Å²) in [5, 5.41) is 13.3. The molecule has 8 heteroatoms. The third kappa shape index (κ3) is 3.72. The lowest BCUT2D eigenvalue weighted by atomic mass is 10.1. The Morgan fingerprint density at radius 1 is 1.29 bits per heavy atom. The van der Waals surface area contributed by atoms with Gasteiger partial charge in [-0.05, 0) is 12.8 Å². The van der Waals surface area contributed by atoms with Gasteiger partial charge in [0.2, 0.25) is 11.7 Å². The van der Waals surface area contributed by atoms with Gasteiger partial charge in [0.1, 0.15) is 5.82 Å². The van der Waals surface area contributed by atoms with Crippen LogP contribution in [-0.2, 0) is 11.3 Å². The molecule has 0 atom stereocenters. The van der Waals surface area contributed by atoms with Crippen LogP contribution in [0.25, 0.3) is 0 Å². The van der Waals surface area contributed by atoms with E-state index < -0.39 is 22.2 Å². The molecule has 6 nitrogen and oxygen atoms in total. The minimum Gasteiger partial charge on any atom is -0.342 e. The second kappa shape index (κ2) is 6.57. The molecule has 1 fully saturated rings. The number of nitrogens with zero attached hydrogens (tertiary/aromatic N) is 2. The Balaban J connectivity index is 1.95. The van der Waals surface area contributed by atoms with E-state index in [0.29, 0.717) is 6.07 Å². The Hall–Kier alpha value is -2.09. The normalized spacial score (nSPS) is 14.5. The molecule has 1 aromatic rings. The number of nitro groups is 1. The molecule has 1 aromatic carbocycles. The Morgan fingerprint density at radius 3 is 2.57 bits per heavy atom. The van der Waals surface area contributed by atoms with Crippen LogP contribution in [0.3, 0.4) is 0 Å². The number of amides is 1. The van der Waals surface area contributed by atoms with Gasteiger partial charge in [0.15, 0.2) is 0 Å². The van der Waals surface area contributed by atoms with E-state index >= 15 is 0 Å². The van der Waals surface area contributed by atoms with Crippen molar-refractivity contribution in [2.45, 2.75) is 19.4 Å². The summed E-state index contributed by atoms with van der Waals surface area (Å²) in [6.07, 6.45) is 1.95. The van der Waals surface area contributed by atoms with Crippen LogP contribution >= 0.6 is 0 Å². The van der Waals surface area contributed by atoms with Crippen molar-refractivity contribution in [3.8, 4) is 0 Å². The zero-order chi connectivity index (χ0) is 15.4. The first-order valence-corrected chi connectivity index (χ1v) is 6.60. The first kappa shape index (κ1) is 15.3. The molecular weight excluding hydrogens is 284 g/mol. The molecule has 2 rings (SSSR count). The largest absolute Gasteiger partial charge is 0.342 e. The van der Waals surface area contributed by atoms with Crippen LogP contribution in [0.15, 0.2) is 12.1 Å². The number of hydrogen-bond donors (Lipinski definition) is 1. The van der Waals surface area contributed by atoms with E-state index in [-0.39, 0.29) is 24.6 Å². The maximum Gasteiger partial charge on any atom is 0.305 e. The van der Waals surface area contributed by atoms with Crippen LogP contribution < -0.4 is 5.32 Å². The SMILES string of the molecule is O=C(CNCc1cc([N+](=O)[O-])c(F)cc1F)N1CCCC1. The summed E-state index contributed by atoms with van der Waals surface area (Å²) in [7, 11) is 0. The molecule has 1 aliphatic rings. The second-order valence-corrected chi connectivity index (χ2v) is 4.84. The zero-order valence-electron chi connectivity index (χ0n) is 11.3. The monoisotopic (exact) mass is 299 g/mol. The molecule has 1 N–H and O–H groups in total. The van der Waals surface area contributed by atoms with Crippen molar-refractivity contribution < 1.29 is 18.5 Å². The molecule has 1 saturated heterocycles. The second-order valence-electron chi connectivity index (χ2n) is 4.84. The number of carbonyl (C=O) groups is 1. The van der Waals surface area contributed by atoms with Gasteiger partial charge in [-0.3, -0.25) is 14.9 Å². The average molecular weight is 299 g/mol. The number of rotatable bonds is 5. The lowest BCUT2D eigenvalue weighted by Crippen LogP contribution is -2.36. The quantitative estimate of drug-likeness (QED) is 0.661. The van der Waals surface area contributed by atoms with Crippen LogP contribution in [0.4, 0.5) is 14.5 Å². The summed E-state index contributed by atoms with van der Waals surface area (Å²) in [4.78, 5) is 23.2. The number of benzene rings is 1. The molecule has 0 saturated carbocycles. The van der Waals surface area contributed by atoms with Gasteiger partial charge in [-0.2, -0.15) is 4.39 Å². The Morgan fingerprint density at radius 2 is 1.95 bits per heavy atom. The molecule has 0 unspecified atom stereocenters.